The van der Waals surface area contributed by atoms with E-state index in [0.717, 1.165) is 0 Å². The van der Waals surface area contributed by atoms with Gasteiger partial charge in [-0.2, -0.15) is 4.98 Å². The Bertz CT molecular complexity index is 449. The quantitative estimate of drug-likeness (QED) is 0.801. The Morgan fingerprint density at radius 1 is 1.38 bits per heavy atom. The van der Waals surface area contributed by atoms with Crippen molar-refractivity contribution in [3.63, 3.8) is 0 Å². The van der Waals surface area contributed by atoms with Crippen LogP contribution in [0.15, 0.2) is 4.52 Å². The maximum Gasteiger partial charge on any atom is 0.227 e. The van der Waals surface area contributed by atoms with Gasteiger partial charge in [-0.05, 0) is 12.3 Å². The molecule has 0 saturated carbocycles. The van der Waals surface area contributed by atoms with Gasteiger partial charge in [0.05, 0.1) is 6.10 Å². The smallest absolute Gasteiger partial charge is 0.227 e. The van der Waals surface area contributed by atoms with E-state index < -0.39 is 6.10 Å². The predicted molar refractivity (Wildman–Crippen MR) is 79.8 cm³/mol. The van der Waals surface area contributed by atoms with Gasteiger partial charge in [-0.3, -0.25) is 4.79 Å². The molecule has 1 amide bonds. The summed E-state index contributed by atoms with van der Waals surface area (Å²) in [6.45, 7) is 10.4. The summed E-state index contributed by atoms with van der Waals surface area (Å²) in [5.41, 5.74) is -0.162. The van der Waals surface area contributed by atoms with Crippen molar-refractivity contribution in [1.29, 1.82) is 0 Å². The Hall–Kier alpha value is -1.43. The number of aromatic nitrogens is 2. The molecule has 1 heterocycles. The van der Waals surface area contributed by atoms with Crippen LogP contribution < -0.4 is 5.32 Å². The van der Waals surface area contributed by atoms with Crippen molar-refractivity contribution >= 4 is 5.91 Å². The first-order valence-electron chi connectivity index (χ1n) is 7.46. The second-order valence-corrected chi connectivity index (χ2v) is 6.85. The Labute approximate surface area is 126 Å². The summed E-state index contributed by atoms with van der Waals surface area (Å²) in [6.07, 6.45) is 0.874. The van der Waals surface area contributed by atoms with E-state index in [-0.39, 0.29) is 24.3 Å². The fourth-order valence-electron chi connectivity index (χ4n) is 1.83. The molecule has 0 aromatic carbocycles. The van der Waals surface area contributed by atoms with Crippen LogP contribution in [0.25, 0.3) is 0 Å². The van der Waals surface area contributed by atoms with Crippen molar-refractivity contribution in [3.05, 3.63) is 11.7 Å². The third kappa shape index (κ3) is 6.71. The van der Waals surface area contributed by atoms with Gasteiger partial charge < -0.3 is 14.9 Å². The van der Waals surface area contributed by atoms with E-state index in [1.54, 1.807) is 0 Å². The predicted octanol–water partition coefficient (Wildman–Crippen LogP) is 1.82. The zero-order valence-corrected chi connectivity index (χ0v) is 13.6. The lowest BCUT2D eigenvalue weighted by Crippen LogP contribution is -2.32. The summed E-state index contributed by atoms with van der Waals surface area (Å²) in [5, 5.41) is 16.3. The number of carbonyl (C=O) groups excluding carboxylic acids is 1. The van der Waals surface area contributed by atoms with Gasteiger partial charge in [-0.25, -0.2) is 0 Å². The van der Waals surface area contributed by atoms with Crippen LogP contribution in [0.1, 0.15) is 59.2 Å². The molecule has 0 aliphatic carbocycles. The van der Waals surface area contributed by atoms with Crippen LogP contribution in [0.3, 0.4) is 0 Å². The summed E-state index contributed by atoms with van der Waals surface area (Å²) in [6, 6.07) is 0. The van der Waals surface area contributed by atoms with E-state index in [0.29, 0.717) is 30.5 Å². The Morgan fingerprint density at radius 3 is 2.57 bits per heavy atom. The normalized spacial score (nSPS) is 13.5. The van der Waals surface area contributed by atoms with E-state index >= 15 is 0 Å². The lowest BCUT2D eigenvalue weighted by Gasteiger charge is -2.13. The standard InChI is InChI=1S/C15H27N3O3/c1-10(2)8-11(19)9-16-12(20)6-7-13-17-14(18-21-13)15(3,4)5/h10-11,19H,6-9H2,1-5H3,(H,16,20). The molecule has 1 aromatic rings. The highest BCUT2D eigenvalue weighted by Crippen LogP contribution is 2.18. The van der Waals surface area contributed by atoms with Gasteiger partial charge in [0.25, 0.3) is 0 Å². The second kappa shape index (κ2) is 7.54. The number of hydrogen-bond donors (Lipinski definition) is 2. The van der Waals surface area contributed by atoms with Crippen LogP contribution in [-0.4, -0.2) is 33.8 Å². The highest BCUT2D eigenvalue weighted by Gasteiger charge is 2.21. The number of nitrogens with one attached hydrogen (secondary N) is 1. The minimum atomic E-state index is -0.496. The first-order chi connectivity index (χ1) is 9.68. The van der Waals surface area contributed by atoms with E-state index in [2.05, 4.69) is 15.5 Å². The molecule has 6 nitrogen and oxygen atoms in total. The number of amides is 1. The van der Waals surface area contributed by atoms with Crippen LogP contribution in [0.2, 0.25) is 0 Å². The maximum absolute atomic E-state index is 11.7. The average molecular weight is 297 g/mol. The average Bonchev–Trinajstić information content (AvgIpc) is 2.81. The molecule has 0 aliphatic rings. The van der Waals surface area contributed by atoms with Gasteiger partial charge in [-0.1, -0.05) is 39.8 Å². The SMILES string of the molecule is CC(C)CC(O)CNC(=O)CCc1nc(C(C)(C)C)no1. The van der Waals surface area contributed by atoms with Crippen LogP contribution in [0.4, 0.5) is 0 Å². The van der Waals surface area contributed by atoms with Crippen molar-refractivity contribution in [2.24, 2.45) is 5.92 Å². The van der Waals surface area contributed by atoms with Gasteiger partial charge in [-0.15, -0.1) is 0 Å². The van der Waals surface area contributed by atoms with Gasteiger partial charge in [0.1, 0.15) is 0 Å². The fourth-order valence-corrected chi connectivity index (χ4v) is 1.83. The number of rotatable bonds is 7. The molecule has 0 saturated heterocycles. The van der Waals surface area contributed by atoms with Crippen molar-refractivity contribution in [2.75, 3.05) is 6.54 Å². The van der Waals surface area contributed by atoms with Crippen LogP contribution in [0, 0.1) is 5.92 Å². The maximum atomic E-state index is 11.7. The molecule has 0 bridgehead atoms. The zero-order valence-electron chi connectivity index (χ0n) is 13.6. The third-order valence-electron chi connectivity index (χ3n) is 2.98. The minimum absolute atomic E-state index is 0.117. The Morgan fingerprint density at radius 2 is 2.05 bits per heavy atom. The number of carbonyl (C=O) groups is 1. The van der Waals surface area contributed by atoms with Crippen molar-refractivity contribution in [1.82, 2.24) is 15.5 Å². The molecule has 0 fully saturated rings. The number of aryl methyl sites for hydroxylation is 1. The molecule has 1 atom stereocenters. The molecular formula is C15H27N3O3. The summed E-state index contributed by atoms with van der Waals surface area (Å²) < 4.78 is 5.13. The molecule has 1 unspecified atom stereocenters. The van der Waals surface area contributed by atoms with E-state index in [9.17, 15) is 9.90 Å². The topological polar surface area (TPSA) is 88.2 Å². The summed E-state index contributed by atoms with van der Waals surface area (Å²) in [4.78, 5) is 16.0. The van der Waals surface area contributed by atoms with Crippen LogP contribution >= 0.6 is 0 Å². The number of aliphatic hydroxyl groups excluding tert-OH is 1. The first kappa shape index (κ1) is 17.6. The summed E-state index contributed by atoms with van der Waals surface area (Å²) in [5.74, 6) is 1.41. The highest BCUT2D eigenvalue weighted by molar-refractivity contribution is 5.76. The van der Waals surface area contributed by atoms with Gasteiger partial charge >= 0.3 is 0 Å². The van der Waals surface area contributed by atoms with Crippen molar-refractivity contribution in [2.45, 2.75) is 65.4 Å². The van der Waals surface area contributed by atoms with Crippen molar-refractivity contribution in [3.8, 4) is 0 Å². The van der Waals surface area contributed by atoms with Gasteiger partial charge in [0.15, 0.2) is 5.82 Å². The molecule has 0 spiro atoms. The zero-order chi connectivity index (χ0) is 16.0. The monoisotopic (exact) mass is 297 g/mol. The van der Waals surface area contributed by atoms with E-state index in [1.165, 1.54) is 0 Å². The molecule has 1 rings (SSSR count). The Balaban J connectivity index is 2.32. The van der Waals surface area contributed by atoms with Crippen molar-refractivity contribution < 1.29 is 14.4 Å². The third-order valence-corrected chi connectivity index (χ3v) is 2.98. The largest absolute Gasteiger partial charge is 0.391 e. The highest BCUT2D eigenvalue weighted by atomic mass is 16.5. The van der Waals surface area contributed by atoms with Gasteiger partial charge in [0.2, 0.25) is 11.8 Å². The lowest BCUT2D eigenvalue weighted by molar-refractivity contribution is -0.121. The molecule has 0 radical (unpaired) electrons. The summed E-state index contributed by atoms with van der Waals surface area (Å²) >= 11 is 0. The molecular weight excluding hydrogens is 270 g/mol. The molecule has 1 aromatic heterocycles. The van der Waals surface area contributed by atoms with E-state index in [4.69, 9.17) is 4.52 Å². The molecule has 120 valence electrons. The molecule has 21 heavy (non-hydrogen) atoms. The van der Waals surface area contributed by atoms with Crippen LogP contribution in [0.5, 0.6) is 0 Å². The van der Waals surface area contributed by atoms with E-state index in [1.807, 2.05) is 34.6 Å². The van der Waals surface area contributed by atoms with Crippen LogP contribution in [-0.2, 0) is 16.6 Å². The Kier molecular flexibility index (Phi) is 6.33. The minimum Gasteiger partial charge on any atom is -0.391 e. The fraction of sp³-hybridized carbons (Fsp3) is 0.800. The first-order valence-corrected chi connectivity index (χ1v) is 7.46. The number of aliphatic hydroxyl groups is 1. The molecule has 2 N–H and O–H groups in total. The number of nitrogens with zero attached hydrogens (tertiary/aromatic N) is 2. The molecule has 0 aliphatic heterocycles. The van der Waals surface area contributed by atoms with Gasteiger partial charge in [0, 0.05) is 24.8 Å². The second-order valence-electron chi connectivity index (χ2n) is 6.85. The molecule has 6 heteroatoms. The lowest BCUT2D eigenvalue weighted by atomic mass is 9.96. The summed E-state index contributed by atoms with van der Waals surface area (Å²) in [7, 11) is 0. The number of hydrogen-bond acceptors (Lipinski definition) is 5.